The molecule has 2 atom stereocenters. The van der Waals surface area contributed by atoms with Gasteiger partial charge in [-0.2, -0.15) is 0 Å². The molecule has 0 aromatic heterocycles. The summed E-state index contributed by atoms with van der Waals surface area (Å²) in [6.07, 6.45) is 0.475. The van der Waals surface area contributed by atoms with Crippen LogP contribution in [0.1, 0.15) is 19.3 Å². The average Bonchev–Trinajstić information content (AvgIpc) is 3.26. The van der Waals surface area contributed by atoms with Crippen molar-refractivity contribution in [2.45, 2.75) is 31.4 Å². The monoisotopic (exact) mass is 458 g/mol. The second-order valence-electron chi connectivity index (χ2n) is 7.56. The fourth-order valence-electron chi connectivity index (χ4n) is 3.53. The van der Waals surface area contributed by atoms with Gasteiger partial charge in [0.25, 0.3) is 0 Å². The minimum Gasteiger partial charge on any atom is -0.494 e. The number of rotatable bonds is 10. The van der Waals surface area contributed by atoms with Gasteiger partial charge >= 0.3 is 5.97 Å². The van der Waals surface area contributed by atoms with Crippen molar-refractivity contribution in [3.8, 4) is 11.5 Å². The van der Waals surface area contributed by atoms with E-state index >= 15 is 0 Å². The summed E-state index contributed by atoms with van der Waals surface area (Å²) in [6, 6.07) is 14.0. The fraction of sp³-hybridized carbons (Fsp3) is 0.375. The first-order chi connectivity index (χ1) is 16.0. The van der Waals surface area contributed by atoms with Gasteiger partial charge in [0.1, 0.15) is 29.5 Å². The molecule has 1 fully saturated rings. The first kappa shape index (κ1) is 24.0. The number of benzene rings is 2. The van der Waals surface area contributed by atoms with Crippen molar-refractivity contribution in [2.24, 2.45) is 0 Å². The van der Waals surface area contributed by atoms with Gasteiger partial charge in [-0.25, -0.2) is 9.18 Å². The maximum atomic E-state index is 13.1. The molecular formula is C24H27FN2O6. The molecule has 1 aliphatic heterocycles. The van der Waals surface area contributed by atoms with Crippen LogP contribution in [-0.2, 0) is 19.1 Å². The molecule has 1 aliphatic rings. The van der Waals surface area contributed by atoms with Gasteiger partial charge in [-0.15, -0.1) is 0 Å². The van der Waals surface area contributed by atoms with Crippen molar-refractivity contribution in [3.63, 3.8) is 0 Å². The second-order valence-corrected chi connectivity index (χ2v) is 7.56. The number of nitrogens with one attached hydrogen (secondary N) is 1. The molecule has 1 heterocycles. The minimum absolute atomic E-state index is 0.150. The number of amides is 2. The molecule has 1 saturated heterocycles. The van der Waals surface area contributed by atoms with Gasteiger partial charge in [-0.05, 0) is 42.8 Å². The van der Waals surface area contributed by atoms with Crippen LogP contribution >= 0.6 is 0 Å². The molecule has 9 heteroatoms. The summed E-state index contributed by atoms with van der Waals surface area (Å²) < 4.78 is 29.2. The number of likely N-dealkylation sites (tertiary alicyclic amines) is 1. The van der Waals surface area contributed by atoms with E-state index in [2.05, 4.69) is 5.32 Å². The highest BCUT2D eigenvalue weighted by atomic mass is 19.1. The maximum absolute atomic E-state index is 13.1. The quantitative estimate of drug-likeness (QED) is 0.434. The summed E-state index contributed by atoms with van der Waals surface area (Å²) in [4.78, 5) is 38.3. The zero-order valence-electron chi connectivity index (χ0n) is 18.4. The molecule has 1 N–H and O–H groups in total. The Morgan fingerprint density at radius 2 is 1.79 bits per heavy atom. The lowest BCUT2D eigenvalue weighted by atomic mass is 10.2. The Labute approximate surface area is 191 Å². The molecule has 3 rings (SSSR count). The summed E-state index contributed by atoms with van der Waals surface area (Å²) in [5.41, 5.74) is 0. The summed E-state index contributed by atoms with van der Waals surface area (Å²) in [6.45, 7) is 0.288. The molecule has 2 aromatic rings. The van der Waals surface area contributed by atoms with Crippen molar-refractivity contribution in [1.82, 2.24) is 10.2 Å². The number of carbonyl (C=O) groups is 3. The Hall–Kier alpha value is -3.62. The molecule has 0 aliphatic carbocycles. The third kappa shape index (κ3) is 7.20. The van der Waals surface area contributed by atoms with E-state index in [1.807, 2.05) is 30.3 Å². The van der Waals surface area contributed by atoms with E-state index in [4.69, 9.17) is 14.2 Å². The number of methoxy groups -OCH3 is 1. The van der Waals surface area contributed by atoms with Crippen molar-refractivity contribution in [2.75, 3.05) is 26.8 Å². The normalized spacial score (nSPS) is 17.3. The molecule has 0 bridgehead atoms. The van der Waals surface area contributed by atoms with Crippen LogP contribution in [0.3, 0.4) is 0 Å². The van der Waals surface area contributed by atoms with E-state index in [-0.39, 0.29) is 37.7 Å². The first-order valence-corrected chi connectivity index (χ1v) is 10.7. The molecular weight excluding hydrogens is 431 g/mol. The second kappa shape index (κ2) is 11.8. The number of ether oxygens (including phenoxy) is 3. The maximum Gasteiger partial charge on any atom is 0.328 e. The smallest absolute Gasteiger partial charge is 0.328 e. The predicted octanol–water partition coefficient (Wildman–Crippen LogP) is 2.32. The summed E-state index contributed by atoms with van der Waals surface area (Å²) in [7, 11) is 1.25. The zero-order chi connectivity index (χ0) is 23.6. The molecule has 0 radical (unpaired) electrons. The third-order valence-corrected chi connectivity index (χ3v) is 5.17. The highest BCUT2D eigenvalue weighted by molar-refractivity contribution is 5.89. The lowest BCUT2D eigenvalue weighted by Crippen LogP contribution is -2.46. The van der Waals surface area contributed by atoms with Gasteiger partial charge < -0.3 is 24.4 Å². The van der Waals surface area contributed by atoms with Crippen molar-refractivity contribution >= 4 is 17.8 Å². The van der Waals surface area contributed by atoms with Gasteiger partial charge in [0.15, 0.2) is 0 Å². The number of halogens is 1. The Balaban J connectivity index is 1.45. The number of esters is 1. The molecule has 176 valence electrons. The van der Waals surface area contributed by atoms with Gasteiger partial charge in [0.2, 0.25) is 11.8 Å². The fourth-order valence-corrected chi connectivity index (χ4v) is 3.53. The van der Waals surface area contributed by atoms with Crippen LogP contribution < -0.4 is 14.8 Å². The van der Waals surface area contributed by atoms with Crippen LogP contribution in [0.4, 0.5) is 4.39 Å². The number of hydrogen-bond donors (Lipinski definition) is 1. The molecule has 8 nitrogen and oxygen atoms in total. The largest absolute Gasteiger partial charge is 0.494 e. The molecule has 2 aromatic carbocycles. The van der Waals surface area contributed by atoms with Gasteiger partial charge in [0, 0.05) is 12.8 Å². The van der Waals surface area contributed by atoms with Crippen LogP contribution in [0, 0.1) is 5.82 Å². The van der Waals surface area contributed by atoms with Crippen molar-refractivity contribution in [1.29, 1.82) is 0 Å². The standard InChI is InChI=1S/C24H27FN2O6/c1-31-24(30)21-14-20(33-19-11-9-17(25)10-12-19)16-27(21)23(29)15-26-22(28)8-5-13-32-18-6-3-2-4-7-18/h2-4,6-7,9-12,20-21H,5,8,13-16H2,1H3,(H,26,28)/t20-,21+/m1/s1. The van der Waals surface area contributed by atoms with Crippen molar-refractivity contribution < 1.29 is 33.0 Å². The Morgan fingerprint density at radius 1 is 1.06 bits per heavy atom. The molecule has 0 saturated carbocycles. The highest BCUT2D eigenvalue weighted by Crippen LogP contribution is 2.24. The summed E-state index contributed by atoms with van der Waals surface area (Å²) >= 11 is 0. The van der Waals surface area contributed by atoms with Crippen molar-refractivity contribution in [3.05, 3.63) is 60.4 Å². The zero-order valence-corrected chi connectivity index (χ0v) is 18.4. The Bertz CT molecular complexity index is 938. The molecule has 0 spiro atoms. The van der Waals surface area contributed by atoms with Crippen LogP contribution in [0.15, 0.2) is 54.6 Å². The molecule has 0 unspecified atom stereocenters. The number of nitrogens with zero attached hydrogens (tertiary/aromatic N) is 1. The van der Waals surface area contributed by atoms with E-state index in [0.29, 0.717) is 18.8 Å². The topological polar surface area (TPSA) is 94.2 Å². The van der Waals surface area contributed by atoms with Gasteiger partial charge in [0.05, 0.1) is 26.8 Å². The number of para-hydroxylation sites is 1. The average molecular weight is 458 g/mol. The van der Waals surface area contributed by atoms with E-state index in [0.717, 1.165) is 5.75 Å². The van der Waals surface area contributed by atoms with Crippen LogP contribution in [0.5, 0.6) is 11.5 Å². The summed E-state index contributed by atoms with van der Waals surface area (Å²) in [5.74, 6) is -0.477. The molecule has 2 amide bonds. The lowest BCUT2D eigenvalue weighted by molar-refractivity contribution is -0.150. The number of carbonyl (C=O) groups excluding carboxylic acids is 3. The van der Waals surface area contributed by atoms with E-state index < -0.39 is 24.0 Å². The van der Waals surface area contributed by atoms with Gasteiger partial charge in [-0.1, -0.05) is 18.2 Å². The van der Waals surface area contributed by atoms with Gasteiger partial charge in [-0.3, -0.25) is 9.59 Å². The Kier molecular flexibility index (Phi) is 8.63. The third-order valence-electron chi connectivity index (χ3n) is 5.17. The summed E-state index contributed by atoms with van der Waals surface area (Å²) in [5, 5.41) is 2.59. The van der Waals surface area contributed by atoms with E-state index in [1.165, 1.54) is 36.3 Å². The van der Waals surface area contributed by atoms with E-state index in [9.17, 15) is 18.8 Å². The predicted molar refractivity (Wildman–Crippen MR) is 117 cm³/mol. The van der Waals surface area contributed by atoms with Crippen LogP contribution in [-0.4, -0.2) is 61.6 Å². The number of hydrogen-bond acceptors (Lipinski definition) is 6. The SMILES string of the molecule is COC(=O)[C@@H]1C[C@@H](Oc2ccc(F)cc2)CN1C(=O)CNC(=O)CCCOc1ccccc1. The molecule has 33 heavy (non-hydrogen) atoms. The van der Waals surface area contributed by atoms with E-state index in [1.54, 1.807) is 0 Å². The Morgan fingerprint density at radius 3 is 2.48 bits per heavy atom. The lowest BCUT2D eigenvalue weighted by Gasteiger charge is -2.22. The van der Waals surface area contributed by atoms with Crippen LogP contribution in [0.2, 0.25) is 0 Å². The highest BCUT2D eigenvalue weighted by Gasteiger charge is 2.41. The first-order valence-electron chi connectivity index (χ1n) is 10.7. The van der Waals surface area contributed by atoms with Crippen LogP contribution in [0.25, 0.3) is 0 Å². The minimum atomic E-state index is -0.816.